The van der Waals surface area contributed by atoms with E-state index < -0.39 is 0 Å². The summed E-state index contributed by atoms with van der Waals surface area (Å²) in [6.07, 6.45) is 0. The Morgan fingerprint density at radius 2 is 2.05 bits per heavy atom. The molecule has 0 spiro atoms. The van der Waals surface area contributed by atoms with E-state index in [1.54, 1.807) is 11.8 Å². The van der Waals surface area contributed by atoms with Crippen molar-refractivity contribution in [3.8, 4) is 0 Å². The molecule has 9 heteroatoms. The average molecular weight is 329 g/mol. The third kappa shape index (κ3) is 5.20. The lowest BCUT2D eigenvalue weighted by atomic mass is 10.4. The predicted octanol–water partition coefficient (Wildman–Crippen LogP) is 2.34. The van der Waals surface area contributed by atoms with E-state index in [9.17, 15) is 0 Å². The van der Waals surface area contributed by atoms with E-state index in [0.717, 1.165) is 47.8 Å². The Bertz CT molecular complexity index is 543. The highest BCUT2D eigenvalue weighted by Gasteiger charge is 2.06. The van der Waals surface area contributed by atoms with Crippen molar-refractivity contribution in [1.82, 2.24) is 13.6 Å². The first-order valence-electron chi connectivity index (χ1n) is 6.45. The summed E-state index contributed by atoms with van der Waals surface area (Å²) in [7, 11) is 4.04. The third-order valence-electron chi connectivity index (χ3n) is 2.57. The zero-order chi connectivity index (χ0) is 15.1. The standard InChI is InChI=1S/C12H19N5O2S2/c1-17(2)7-9-3-4-10(19-9)8-20-6-5-13-11-12(14-18)16-21-15-11/h3-4,18H,5-8H2,1-2H3,(H,13,15)(H,14,16). The van der Waals surface area contributed by atoms with Gasteiger partial charge in [-0.05, 0) is 26.2 Å². The van der Waals surface area contributed by atoms with Gasteiger partial charge in [0.05, 0.1) is 24.0 Å². The molecule has 0 fully saturated rings. The lowest BCUT2D eigenvalue weighted by Crippen LogP contribution is -2.09. The Balaban J connectivity index is 1.64. The first kappa shape index (κ1) is 16.1. The summed E-state index contributed by atoms with van der Waals surface area (Å²) in [4.78, 5) is 2.08. The average Bonchev–Trinajstić information content (AvgIpc) is 3.07. The van der Waals surface area contributed by atoms with Crippen molar-refractivity contribution in [2.24, 2.45) is 0 Å². The van der Waals surface area contributed by atoms with Crippen LogP contribution in [0.2, 0.25) is 0 Å². The van der Waals surface area contributed by atoms with E-state index in [0.29, 0.717) is 11.6 Å². The number of anilines is 2. The van der Waals surface area contributed by atoms with Crippen molar-refractivity contribution >= 4 is 35.1 Å². The van der Waals surface area contributed by atoms with Gasteiger partial charge in [0, 0.05) is 12.3 Å². The molecule has 2 aromatic heterocycles. The number of furan rings is 1. The minimum atomic E-state index is 0.365. The first-order valence-corrected chi connectivity index (χ1v) is 8.34. The maximum Gasteiger partial charge on any atom is 0.207 e. The summed E-state index contributed by atoms with van der Waals surface area (Å²) in [5, 5.41) is 11.9. The Hall–Kier alpha value is -1.29. The highest BCUT2D eigenvalue weighted by Crippen LogP contribution is 2.18. The molecule has 116 valence electrons. The second-order valence-electron chi connectivity index (χ2n) is 4.66. The van der Waals surface area contributed by atoms with Gasteiger partial charge in [-0.2, -0.15) is 20.5 Å². The molecule has 0 saturated heterocycles. The third-order valence-corrected chi connectivity index (χ3v) is 4.08. The number of hydrogen-bond acceptors (Lipinski definition) is 9. The molecule has 0 aliphatic rings. The molecule has 2 rings (SSSR count). The maximum absolute atomic E-state index is 8.82. The second kappa shape index (κ2) is 8.23. The van der Waals surface area contributed by atoms with Crippen LogP contribution < -0.4 is 10.8 Å². The Morgan fingerprint density at radius 3 is 2.81 bits per heavy atom. The van der Waals surface area contributed by atoms with Crippen molar-refractivity contribution in [1.29, 1.82) is 0 Å². The minimum Gasteiger partial charge on any atom is -0.464 e. The SMILES string of the molecule is CN(C)Cc1ccc(CSCCNc2nsnc2NO)o1. The van der Waals surface area contributed by atoms with Gasteiger partial charge in [-0.15, -0.1) is 0 Å². The van der Waals surface area contributed by atoms with Crippen LogP contribution in [0.15, 0.2) is 16.5 Å². The van der Waals surface area contributed by atoms with Crippen LogP contribution in [-0.2, 0) is 12.3 Å². The van der Waals surface area contributed by atoms with Gasteiger partial charge in [0.1, 0.15) is 11.5 Å². The Morgan fingerprint density at radius 1 is 1.29 bits per heavy atom. The predicted molar refractivity (Wildman–Crippen MR) is 86.1 cm³/mol. The van der Waals surface area contributed by atoms with Gasteiger partial charge in [-0.3, -0.25) is 5.21 Å². The molecule has 0 aliphatic carbocycles. The molecular weight excluding hydrogens is 310 g/mol. The van der Waals surface area contributed by atoms with E-state index >= 15 is 0 Å². The molecule has 7 nitrogen and oxygen atoms in total. The van der Waals surface area contributed by atoms with Crippen molar-refractivity contribution in [2.75, 3.05) is 37.2 Å². The molecule has 3 N–H and O–H groups in total. The number of aromatic nitrogens is 2. The summed E-state index contributed by atoms with van der Waals surface area (Å²) in [5.41, 5.74) is 2.01. The largest absolute Gasteiger partial charge is 0.464 e. The topological polar surface area (TPSA) is 86.5 Å². The highest BCUT2D eigenvalue weighted by molar-refractivity contribution is 7.98. The fourth-order valence-corrected chi connectivity index (χ4v) is 2.92. The van der Waals surface area contributed by atoms with Crippen molar-refractivity contribution < 1.29 is 9.62 Å². The van der Waals surface area contributed by atoms with Gasteiger partial charge in [-0.1, -0.05) is 0 Å². The lowest BCUT2D eigenvalue weighted by Gasteiger charge is -2.06. The molecule has 0 amide bonds. The fraction of sp³-hybridized carbons (Fsp3) is 0.500. The molecule has 0 saturated carbocycles. The summed E-state index contributed by atoms with van der Waals surface area (Å²) in [6, 6.07) is 4.05. The quantitative estimate of drug-likeness (QED) is 0.477. The van der Waals surface area contributed by atoms with Gasteiger partial charge in [0.2, 0.25) is 5.82 Å². The van der Waals surface area contributed by atoms with Gasteiger partial charge < -0.3 is 14.6 Å². The van der Waals surface area contributed by atoms with Crippen LogP contribution in [0, 0.1) is 0 Å². The zero-order valence-electron chi connectivity index (χ0n) is 12.0. The van der Waals surface area contributed by atoms with Crippen LogP contribution in [-0.4, -0.2) is 45.2 Å². The van der Waals surface area contributed by atoms with Crippen LogP contribution in [0.1, 0.15) is 11.5 Å². The summed E-state index contributed by atoms with van der Waals surface area (Å²) in [5.74, 6) is 4.67. The maximum atomic E-state index is 8.82. The number of rotatable bonds is 9. The van der Waals surface area contributed by atoms with E-state index in [1.165, 1.54) is 0 Å². The fourth-order valence-electron chi connectivity index (χ4n) is 1.69. The number of nitrogens with zero attached hydrogens (tertiary/aromatic N) is 3. The monoisotopic (exact) mass is 329 g/mol. The van der Waals surface area contributed by atoms with Gasteiger partial charge >= 0.3 is 0 Å². The minimum absolute atomic E-state index is 0.365. The molecule has 0 radical (unpaired) electrons. The molecule has 0 bridgehead atoms. The lowest BCUT2D eigenvalue weighted by molar-refractivity contribution is 0.344. The van der Waals surface area contributed by atoms with Crippen LogP contribution in [0.3, 0.4) is 0 Å². The molecule has 2 heterocycles. The number of hydrogen-bond donors (Lipinski definition) is 3. The van der Waals surface area contributed by atoms with Crippen molar-refractivity contribution in [2.45, 2.75) is 12.3 Å². The van der Waals surface area contributed by atoms with E-state index in [4.69, 9.17) is 9.62 Å². The van der Waals surface area contributed by atoms with Gasteiger partial charge in [-0.25, -0.2) is 5.48 Å². The number of thioether (sulfide) groups is 1. The van der Waals surface area contributed by atoms with E-state index in [-0.39, 0.29) is 0 Å². The number of nitrogens with one attached hydrogen (secondary N) is 2. The normalized spacial score (nSPS) is 11.0. The van der Waals surface area contributed by atoms with Gasteiger partial charge in [0.15, 0.2) is 5.82 Å². The molecular formula is C12H19N5O2S2. The molecule has 0 atom stereocenters. The molecule has 0 aliphatic heterocycles. The van der Waals surface area contributed by atoms with Crippen molar-refractivity contribution in [3.63, 3.8) is 0 Å². The Labute approximate surface area is 132 Å². The van der Waals surface area contributed by atoms with Crippen molar-refractivity contribution in [3.05, 3.63) is 23.7 Å². The molecule has 2 aromatic rings. The van der Waals surface area contributed by atoms with Gasteiger partial charge in [0.25, 0.3) is 0 Å². The summed E-state index contributed by atoms with van der Waals surface area (Å²) < 4.78 is 13.7. The van der Waals surface area contributed by atoms with Crippen LogP contribution in [0.4, 0.5) is 11.6 Å². The Kier molecular flexibility index (Phi) is 6.30. The van der Waals surface area contributed by atoms with Crippen LogP contribution in [0.5, 0.6) is 0 Å². The molecule has 0 aromatic carbocycles. The molecule has 21 heavy (non-hydrogen) atoms. The van der Waals surface area contributed by atoms with E-state index in [1.807, 2.05) is 31.7 Å². The van der Waals surface area contributed by atoms with Crippen LogP contribution in [0.25, 0.3) is 0 Å². The smallest absolute Gasteiger partial charge is 0.207 e. The van der Waals surface area contributed by atoms with Crippen LogP contribution >= 0.6 is 23.5 Å². The first-order chi connectivity index (χ1) is 10.2. The highest BCUT2D eigenvalue weighted by atomic mass is 32.2. The second-order valence-corrected chi connectivity index (χ2v) is 6.29. The summed E-state index contributed by atoms with van der Waals surface area (Å²) in [6.45, 7) is 1.57. The summed E-state index contributed by atoms with van der Waals surface area (Å²) >= 11 is 2.82. The zero-order valence-corrected chi connectivity index (χ0v) is 13.6. The molecule has 0 unspecified atom stereocenters. The van der Waals surface area contributed by atoms with E-state index in [2.05, 4.69) is 19.0 Å².